The van der Waals surface area contributed by atoms with Crippen LogP contribution >= 0.6 is 11.3 Å². The van der Waals surface area contributed by atoms with Gasteiger partial charge in [-0.1, -0.05) is 12.1 Å². The highest BCUT2D eigenvalue weighted by molar-refractivity contribution is 7.14. The number of hydrazone groups is 1. The second-order valence-corrected chi connectivity index (χ2v) is 7.07. The van der Waals surface area contributed by atoms with E-state index in [1.165, 1.54) is 30.2 Å². The standard InChI is InChI=1S/C17H19FN4O3S/c1-11(23)22(14-8-6-5-7-13(14)18)15-20-12(10-26-15)9-19-21-16(24)25-17(2,3)4/h5-10H,1-4H3,(H,21,24)/b19-9-. The van der Waals surface area contributed by atoms with Gasteiger partial charge in [0.25, 0.3) is 0 Å². The zero-order valence-corrected chi connectivity index (χ0v) is 15.6. The van der Waals surface area contributed by atoms with Crippen molar-refractivity contribution in [1.29, 1.82) is 0 Å². The Labute approximate surface area is 154 Å². The van der Waals surface area contributed by atoms with E-state index in [9.17, 15) is 14.0 Å². The molecule has 0 atom stereocenters. The highest BCUT2D eigenvalue weighted by atomic mass is 32.1. The molecular formula is C17H19FN4O3S. The van der Waals surface area contributed by atoms with E-state index >= 15 is 0 Å². The Hall–Kier alpha value is -2.81. The number of carbonyl (C=O) groups is 2. The van der Waals surface area contributed by atoms with Crippen LogP contribution in [0.1, 0.15) is 33.4 Å². The van der Waals surface area contributed by atoms with E-state index in [2.05, 4.69) is 15.5 Å². The summed E-state index contributed by atoms with van der Waals surface area (Å²) in [7, 11) is 0. The molecule has 0 aliphatic carbocycles. The Morgan fingerprint density at radius 1 is 1.35 bits per heavy atom. The summed E-state index contributed by atoms with van der Waals surface area (Å²) < 4.78 is 19.1. The SMILES string of the molecule is CC(=O)N(c1nc(/C=N\NC(=O)OC(C)(C)C)cs1)c1ccccc1F. The van der Waals surface area contributed by atoms with E-state index in [4.69, 9.17) is 4.74 Å². The highest BCUT2D eigenvalue weighted by Gasteiger charge is 2.20. The molecular weight excluding hydrogens is 359 g/mol. The van der Waals surface area contributed by atoms with E-state index in [0.29, 0.717) is 10.8 Å². The molecule has 0 bridgehead atoms. The van der Waals surface area contributed by atoms with Gasteiger partial charge in [0.15, 0.2) is 5.13 Å². The monoisotopic (exact) mass is 378 g/mol. The molecule has 0 unspecified atom stereocenters. The number of hydrogen-bond donors (Lipinski definition) is 1. The zero-order valence-electron chi connectivity index (χ0n) is 14.8. The summed E-state index contributed by atoms with van der Waals surface area (Å²) in [5.41, 5.74) is 2.11. The number of aromatic nitrogens is 1. The summed E-state index contributed by atoms with van der Waals surface area (Å²) in [6, 6.07) is 5.94. The molecule has 2 amide bonds. The molecule has 1 aromatic heterocycles. The Bertz CT molecular complexity index is 829. The average Bonchev–Trinajstić information content (AvgIpc) is 2.96. The molecule has 0 saturated carbocycles. The average molecular weight is 378 g/mol. The first-order valence-corrected chi connectivity index (χ1v) is 8.58. The number of amides is 2. The van der Waals surface area contributed by atoms with Crippen LogP contribution in [0, 0.1) is 5.82 Å². The molecule has 1 N–H and O–H groups in total. The molecule has 1 heterocycles. The number of benzene rings is 1. The lowest BCUT2D eigenvalue weighted by Crippen LogP contribution is -2.29. The number of anilines is 2. The molecule has 7 nitrogen and oxygen atoms in total. The highest BCUT2D eigenvalue weighted by Crippen LogP contribution is 2.30. The number of thiazole rings is 1. The maximum Gasteiger partial charge on any atom is 0.428 e. The third-order valence-electron chi connectivity index (χ3n) is 2.86. The minimum Gasteiger partial charge on any atom is -0.443 e. The largest absolute Gasteiger partial charge is 0.443 e. The zero-order chi connectivity index (χ0) is 19.3. The van der Waals surface area contributed by atoms with Crippen LogP contribution in [0.2, 0.25) is 0 Å². The Kier molecular flexibility index (Phi) is 6.04. The number of nitrogens with one attached hydrogen (secondary N) is 1. The topological polar surface area (TPSA) is 83.9 Å². The van der Waals surface area contributed by atoms with E-state index in [-0.39, 0.29) is 11.6 Å². The molecule has 0 aliphatic rings. The van der Waals surface area contributed by atoms with Gasteiger partial charge in [-0.05, 0) is 32.9 Å². The van der Waals surface area contributed by atoms with Crippen LogP contribution in [0.4, 0.5) is 20.0 Å². The summed E-state index contributed by atoms with van der Waals surface area (Å²) in [4.78, 5) is 28.9. The van der Waals surface area contributed by atoms with Crippen molar-refractivity contribution in [3.63, 3.8) is 0 Å². The Balaban J connectivity index is 2.12. The van der Waals surface area contributed by atoms with Gasteiger partial charge >= 0.3 is 6.09 Å². The number of nitrogens with zero attached hydrogens (tertiary/aromatic N) is 3. The van der Waals surface area contributed by atoms with E-state index in [1.54, 1.807) is 38.3 Å². The molecule has 1 aromatic carbocycles. The van der Waals surface area contributed by atoms with Crippen LogP contribution in [-0.2, 0) is 9.53 Å². The van der Waals surface area contributed by atoms with Crippen LogP contribution in [0.25, 0.3) is 0 Å². The van der Waals surface area contributed by atoms with Gasteiger partial charge in [-0.25, -0.2) is 19.6 Å². The lowest BCUT2D eigenvalue weighted by molar-refractivity contribution is -0.115. The molecule has 2 aromatic rings. The fraction of sp³-hybridized carbons (Fsp3) is 0.294. The second kappa shape index (κ2) is 8.05. The predicted molar refractivity (Wildman–Crippen MR) is 98.3 cm³/mol. The molecule has 138 valence electrons. The van der Waals surface area contributed by atoms with E-state index in [1.807, 2.05) is 0 Å². The molecule has 0 spiro atoms. The van der Waals surface area contributed by atoms with Crippen LogP contribution in [0.3, 0.4) is 0 Å². The van der Waals surface area contributed by atoms with E-state index in [0.717, 1.165) is 11.3 Å². The van der Waals surface area contributed by atoms with Crippen molar-refractivity contribution < 1.29 is 18.7 Å². The molecule has 0 fully saturated rings. The fourth-order valence-corrected chi connectivity index (χ4v) is 2.76. The molecule has 0 aliphatic heterocycles. The summed E-state index contributed by atoms with van der Waals surface area (Å²) in [6.07, 6.45) is 0.616. The van der Waals surface area contributed by atoms with Crippen molar-refractivity contribution in [3.8, 4) is 0 Å². The summed E-state index contributed by atoms with van der Waals surface area (Å²) in [6.45, 7) is 6.54. The number of para-hydroxylation sites is 1. The lowest BCUT2D eigenvalue weighted by Gasteiger charge is -2.18. The van der Waals surface area contributed by atoms with Crippen molar-refractivity contribution in [3.05, 3.63) is 41.2 Å². The maximum atomic E-state index is 14.0. The maximum absolute atomic E-state index is 14.0. The minimum atomic E-state index is -0.694. The number of halogens is 1. The fourth-order valence-electron chi connectivity index (χ4n) is 1.93. The smallest absolute Gasteiger partial charge is 0.428 e. The third-order valence-corrected chi connectivity index (χ3v) is 3.70. The Morgan fingerprint density at radius 2 is 2.04 bits per heavy atom. The molecule has 2 rings (SSSR count). The molecule has 0 radical (unpaired) electrons. The Morgan fingerprint density at radius 3 is 2.65 bits per heavy atom. The van der Waals surface area contributed by atoms with Crippen LogP contribution < -0.4 is 10.3 Å². The van der Waals surface area contributed by atoms with Crippen molar-refractivity contribution in [1.82, 2.24) is 10.4 Å². The van der Waals surface area contributed by atoms with E-state index < -0.39 is 17.5 Å². The van der Waals surface area contributed by atoms with Gasteiger partial charge in [-0.3, -0.25) is 9.69 Å². The minimum absolute atomic E-state index is 0.115. The third kappa shape index (κ3) is 5.35. The molecule has 0 saturated heterocycles. The normalized spacial score (nSPS) is 11.4. The number of ether oxygens (including phenoxy) is 1. The van der Waals surface area contributed by atoms with Crippen molar-refractivity contribution in [2.24, 2.45) is 5.10 Å². The summed E-state index contributed by atoms with van der Waals surface area (Å²) >= 11 is 1.15. The first-order chi connectivity index (χ1) is 12.2. The van der Waals surface area contributed by atoms with Crippen LogP contribution in [-0.4, -0.2) is 28.8 Å². The van der Waals surface area contributed by atoms with Crippen LogP contribution in [0.15, 0.2) is 34.7 Å². The number of rotatable bonds is 4. The number of hydrogen-bond acceptors (Lipinski definition) is 6. The quantitative estimate of drug-likeness (QED) is 0.647. The summed E-state index contributed by atoms with van der Waals surface area (Å²) in [5.74, 6) is -0.903. The van der Waals surface area contributed by atoms with Gasteiger partial charge in [-0.2, -0.15) is 5.10 Å². The number of carbonyl (C=O) groups excluding carboxylic acids is 2. The first kappa shape index (κ1) is 19.5. The van der Waals surface area contributed by atoms with Gasteiger partial charge in [0.2, 0.25) is 5.91 Å². The van der Waals surface area contributed by atoms with Crippen molar-refractivity contribution >= 4 is 40.4 Å². The summed E-state index contributed by atoms with van der Waals surface area (Å²) in [5, 5.41) is 5.67. The first-order valence-electron chi connectivity index (χ1n) is 7.70. The van der Waals surface area contributed by atoms with Crippen LogP contribution in [0.5, 0.6) is 0 Å². The van der Waals surface area contributed by atoms with Gasteiger partial charge in [0.05, 0.1) is 17.6 Å². The lowest BCUT2D eigenvalue weighted by atomic mass is 10.2. The van der Waals surface area contributed by atoms with Gasteiger partial charge < -0.3 is 4.74 Å². The van der Waals surface area contributed by atoms with Crippen molar-refractivity contribution in [2.75, 3.05) is 4.90 Å². The predicted octanol–water partition coefficient (Wildman–Crippen LogP) is 3.83. The van der Waals surface area contributed by atoms with Gasteiger partial charge in [0, 0.05) is 12.3 Å². The second-order valence-electron chi connectivity index (χ2n) is 6.23. The van der Waals surface area contributed by atoms with Gasteiger partial charge in [-0.15, -0.1) is 11.3 Å². The van der Waals surface area contributed by atoms with Crippen molar-refractivity contribution in [2.45, 2.75) is 33.3 Å². The molecule has 26 heavy (non-hydrogen) atoms. The van der Waals surface area contributed by atoms with Gasteiger partial charge in [0.1, 0.15) is 11.4 Å². The molecule has 9 heteroatoms.